The van der Waals surface area contributed by atoms with Crippen LogP contribution in [0.15, 0.2) is 24.3 Å². The zero-order valence-corrected chi connectivity index (χ0v) is 10.9. The Morgan fingerprint density at radius 3 is 3.21 bits per heavy atom. The van der Waals surface area contributed by atoms with Crippen LogP contribution in [-0.4, -0.2) is 37.0 Å². The number of hydrogen-bond acceptors (Lipinski definition) is 4. The summed E-state index contributed by atoms with van der Waals surface area (Å²) in [4.78, 5) is 13.8. The van der Waals surface area contributed by atoms with Crippen LogP contribution in [0.2, 0.25) is 0 Å². The van der Waals surface area contributed by atoms with Gasteiger partial charge in [-0.1, -0.05) is 6.07 Å². The fraction of sp³-hybridized carbons (Fsp3) is 0.429. The highest BCUT2D eigenvalue weighted by Gasteiger charge is 2.25. The number of nitriles is 1. The topological polar surface area (TPSA) is 65.4 Å². The SMILES string of the molecule is COc1cccc(NC(=O)CN2CCCC2C#N)c1. The number of carbonyl (C=O) groups excluding carboxylic acids is 1. The first kappa shape index (κ1) is 13.4. The van der Waals surface area contributed by atoms with Gasteiger partial charge >= 0.3 is 0 Å². The van der Waals surface area contributed by atoms with Crippen LogP contribution >= 0.6 is 0 Å². The van der Waals surface area contributed by atoms with Crippen molar-refractivity contribution in [2.24, 2.45) is 0 Å². The van der Waals surface area contributed by atoms with Gasteiger partial charge in [0.05, 0.1) is 25.8 Å². The summed E-state index contributed by atoms with van der Waals surface area (Å²) in [5.74, 6) is 0.601. The Balaban J connectivity index is 1.92. The van der Waals surface area contributed by atoms with Gasteiger partial charge < -0.3 is 10.1 Å². The molecular formula is C14H17N3O2. The van der Waals surface area contributed by atoms with Gasteiger partial charge in [0.1, 0.15) is 5.75 Å². The van der Waals surface area contributed by atoms with Crippen molar-refractivity contribution in [3.8, 4) is 11.8 Å². The predicted molar refractivity (Wildman–Crippen MR) is 71.8 cm³/mol. The molecule has 5 heteroatoms. The lowest BCUT2D eigenvalue weighted by Crippen LogP contribution is -2.36. The summed E-state index contributed by atoms with van der Waals surface area (Å²) < 4.78 is 5.10. The molecule has 5 nitrogen and oxygen atoms in total. The molecule has 0 aromatic heterocycles. The van der Waals surface area contributed by atoms with Crippen LogP contribution in [0.1, 0.15) is 12.8 Å². The number of nitrogens with one attached hydrogen (secondary N) is 1. The van der Waals surface area contributed by atoms with Crippen LogP contribution < -0.4 is 10.1 Å². The second kappa shape index (κ2) is 6.21. The Morgan fingerprint density at radius 1 is 1.63 bits per heavy atom. The van der Waals surface area contributed by atoms with Crippen LogP contribution in [0.3, 0.4) is 0 Å². The van der Waals surface area contributed by atoms with E-state index in [1.54, 1.807) is 13.2 Å². The number of ether oxygens (including phenoxy) is 1. The van der Waals surface area contributed by atoms with Crippen molar-refractivity contribution in [2.75, 3.05) is 25.5 Å². The molecule has 1 unspecified atom stereocenters. The number of benzene rings is 1. The zero-order valence-electron chi connectivity index (χ0n) is 10.9. The quantitative estimate of drug-likeness (QED) is 0.892. The molecule has 0 bridgehead atoms. The molecule has 1 aliphatic rings. The Hall–Kier alpha value is -2.06. The minimum Gasteiger partial charge on any atom is -0.497 e. The number of anilines is 1. The van der Waals surface area contributed by atoms with Crippen LogP contribution in [0, 0.1) is 11.3 Å². The molecule has 1 aromatic carbocycles. The zero-order chi connectivity index (χ0) is 13.7. The molecule has 1 saturated heterocycles. The van der Waals surface area contributed by atoms with Crippen molar-refractivity contribution in [2.45, 2.75) is 18.9 Å². The smallest absolute Gasteiger partial charge is 0.238 e. The molecular weight excluding hydrogens is 242 g/mol. The van der Waals surface area contributed by atoms with Gasteiger partial charge in [0, 0.05) is 18.3 Å². The third-order valence-corrected chi connectivity index (χ3v) is 3.21. The van der Waals surface area contributed by atoms with E-state index in [9.17, 15) is 4.79 Å². The molecule has 1 aliphatic heterocycles. The highest BCUT2D eigenvalue weighted by atomic mass is 16.5. The fourth-order valence-electron chi connectivity index (χ4n) is 2.25. The third-order valence-electron chi connectivity index (χ3n) is 3.21. The summed E-state index contributed by atoms with van der Waals surface area (Å²) in [7, 11) is 1.59. The van der Waals surface area contributed by atoms with Crippen LogP contribution in [0.25, 0.3) is 0 Å². The first-order valence-electron chi connectivity index (χ1n) is 6.30. The van der Waals surface area contributed by atoms with E-state index in [0.29, 0.717) is 11.4 Å². The molecule has 1 N–H and O–H groups in total. The van der Waals surface area contributed by atoms with Crippen LogP contribution in [0.5, 0.6) is 5.75 Å². The number of likely N-dealkylation sites (tertiary alicyclic amines) is 1. The molecule has 0 radical (unpaired) electrons. The van der Waals surface area contributed by atoms with E-state index in [4.69, 9.17) is 10.00 Å². The summed E-state index contributed by atoms with van der Waals surface area (Å²) in [5.41, 5.74) is 0.706. The largest absolute Gasteiger partial charge is 0.497 e. The average molecular weight is 259 g/mol. The number of carbonyl (C=O) groups is 1. The van der Waals surface area contributed by atoms with E-state index in [-0.39, 0.29) is 18.5 Å². The Morgan fingerprint density at radius 2 is 2.47 bits per heavy atom. The highest BCUT2D eigenvalue weighted by Crippen LogP contribution is 2.18. The number of hydrogen-bond donors (Lipinski definition) is 1. The standard InChI is InChI=1S/C14H17N3O2/c1-19-13-6-2-4-11(8-13)16-14(18)10-17-7-3-5-12(17)9-15/h2,4,6,8,12H,3,5,7,10H2,1H3,(H,16,18). The highest BCUT2D eigenvalue weighted by molar-refractivity contribution is 5.92. The lowest BCUT2D eigenvalue weighted by molar-refractivity contribution is -0.117. The van der Waals surface area contributed by atoms with Gasteiger partial charge in [0.2, 0.25) is 5.91 Å². The first-order valence-corrected chi connectivity index (χ1v) is 6.30. The summed E-state index contributed by atoms with van der Waals surface area (Å²) >= 11 is 0. The summed E-state index contributed by atoms with van der Waals surface area (Å²) in [5, 5.41) is 11.8. The van der Waals surface area contributed by atoms with Crippen LogP contribution in [0.4, 0.5) is 5.69 Å². The minimum absolute atomic E-state index is 0.101. The van der Waals surface area contributed by atoms with Gasteiger partial charge in [-0.3, -0.25) is 9.69 Å². The van der Waals surface area contributed by atoms with Crippen molar-refractivity contribution in [1.29, 1.82) is 5.26 Å². The van der Waals surface area contributed by atoms with Gasteiger partial charge in [-0.2, -0.15) is 5.26 Å². The second-order valence-corrected chi connectivity index (χ2v) is 4.54. The predicted octanol–water partition coefficient (Wildman–Crippen LogP) is 1.62. The molecule has 1 aromatic rings. The normalized spacial score (nSPS) is 18.8. The van der Waals surface area contributed by atoms with Gasteiger partial charge in [0.25, 0.3) is 0 Å². The second-order valence-electron chi connectivity index (χ2n) is 4.54. The van der Waals surface area contributed by atoms with Crippen LogP contribution in [-0.2, 0) is 4.79 Å². The van der Waals surface area contributed by atoms with Crippen molar-refractivity contribution in [1.82, 2.24) is 4.90 Å². The van der Waals surface area contributed by atoms with Crippen molar-refractivity contribution < 1.29 is 9.53 Å². The number of nitrogens with zero attached hydrogens (tertiary/aromatic N) is 2. The Labute approximate surface area is 112 Å². The maximum Gasteiger partial charge on any atom is 0.238 e. The maximum atomic E-state index is 11.9. The third kappa shape index (κ3) is 3.46. The summed E-state index contributed by atoms with van der Waals surface area (Å²) in [6.45, 7) is 1.07. The summed E-state index contributed by atoms with van der Waals surface area (Å²) in [6, 6.07) is 9.32. The molecule has 1 atom stereocenters. The lowest BCUT2D eigenvalue weighted by atomic mass is 10.2. The van der Waals surface area contributed by atoms with E-state index in [1.807, 2.05) is 23.1 Å². The van der Waals surface area contributed by atoms with Gasteiger partial charge in [-0.15, -0.1) is 0 Å². The molecule has 0 spiro atoms. The van der Waals surface area contributed by atoms with E-state index in [2.05, 4.69) is 11.4 Å². The Kier molecular flexibility index (Phi) is 4.37. The van der Waals surface area contributed by atoms with Gasteiger partial charge in [-0.05, 0) is 25.0 Å². The molecule has 1 fully saturated rings. The fourth-order valence-corrected chi connectivity index (χ4v) is 2.25. The molecule has 19 heavy (non-hydrogen) atoms. The van der Waals surface area contributed by atoms with E-state index >= 15 is 0 Å². The minimum atomic E-state index is -0.129. The monoisotopic (exact) mass is 259 g/mol. The van der Waals surface area contributed by atoms with E-state index < -0.39 is 0 Å². The van der Waals surface area contributed by atoms with Gasteiger partial charge in [-0.25, -0.2) is 0 Å². The molecule has 1 amide bonds. The van der Waals surface area contributed by atoms with Crippen molar-refractivity contribution >= 4 is 11.6 Å². The average Bonchev–Trinajstić information content (AvgIpc) is 2.86. The van der Waals surface area contributed by atoms with E-state index in [0.717, 1.165) is 19.4 Å². The molecule has 1 heterocycles. The lowest BCUT2D eigenvalue weighted by Gasteiger charge is -2.18. The number of amides is 1. The number of methoxy groups -OCH3 is 1. The summed E-state index contributed by atoms with van der Waals surface area (Å²) in [6.07, 6.45) is 1.83. The van der Waals surface area contributed by atoms with Crippen molar-refractivity contribution in [3.05, 3.63) is 24.3 Å². The molecule has 0 aliphatic carbocycles. The van der Waals surface area contributed by atoms with E-state index in [1.165, 1.54) is 0 Å². The Bertz CT molecular complexity index is 496. The molecule has 0 saturated carbocycles. The first-order chi connectivity index (χ1) is 9.22. The molecule has 100 valence electrons. The van der Waals surface area contributed by atoms with Crippen molar-refractivity contribution in [3.63, 3.8) is 0 Å². The molecule has 2 rings (SSSR count). The number of rotatable bonds is 4. The van der Waals surface area contributed by atoms with Gasteiger partial charge in [0.15, 0.2) is 0 Å². The maximum absolute atomic E-state index is 11.9.